The molecule has 1 aromatic carbocycles. The number of halogens is 1. The first kappa shape index (κ1) is 14.5. The maximum atomic E-state index is 11.3. The number of hydrogen-bond acceptors (Lipinski definition) is 3. The second-order valence-corrected chi connectivity index (χ2v) is 5.19. The highest BCUT2D eigenvalue weighted by Crippen LogP contribution is 2.09. The van der Waals surface area contributed by atoms with E-state index in [1.165, 1.54) is 0 Å². The average molecular weight is 269 g/mol. The molecule has 0 aliphatic carbocycles. The minimum atomic E-state index is -0.560. The van der Waals surface area contributed by atoms with Gasteiger partial charge in [0.15, 0.2) is 0 Å². The van der Waals surface area contributed by atoms with Gasteiger partial charge in [-0.2, -0.15) is 5.10 Å². The van der Waals surface area contributed by atoms with Crippen LogP contribution >= 0.6 is 11.6 Å². The van der Waals surface area contributed by atoms with Gasteiger partial charge in [-0.25, -0.2) is 10.2 Å². The number of carbonyl (C=O) groups excluding carboxylic acids is 1. The minimum Gasteiger partial charge on any atom is -0.443 e. The van der Waals surface area contributed by atoms with Crippen LogP contribution in [-0.2, 0) is 11.2 Å². The maximum absolute atomic E-state index is 11.3. The van der Waals surface area contributed by atoms with E-state index in [0.29, 0.717) is 11.4 Å². The number of carbonyl (C=O) groups is 1. The third-order valence-electron chi connectivity index (χ3n) is 1.89. The summed E-state index contributed by atoms with van der Waals surface area (Å²) in [7, 11) is 0. The number of benzene rings is 1. The summed E-state index contributed by atoms with van der Waals surface area (Å²) in [4.78, 5) is 11.3. The van der Waals surface area contributed by atoms with Crippen molar-refractivity contribution >= 4 is 23.9 Å². The SMILES string of the molecule is CC(C)(C)OC(=O)N/N=C/Cc1ccc(Cl)cc1. The number of nitrogens with one attached hydrogen (secondary N) is 1. The molecule has 0 atom stereocenters. The molecule has 0 radical (unpaired) electrons. The smallest absolute Gasteiger partial charge is 0.428 e. The molecule has 0 fully saturated rings. The molecule has 0 aliphatic rings. The normalized spacial score (nSPS) is 11.6. The lowest BCUT2D eigenvalue weighted by Gasteiger charge is -2.18. The number of amides is 1. The molecule has 5 heteroatoms. The first-order valence-electron chi connectivity index (χ1n) is 5.62. The molecule has 1 aromatic rings. The molecule has 1 N–H and O–H groups in total. The minimum absolute atomic E-state index is 0.518. The first-order valence-corrected chi connectivity index (χ1v) is 5.99. The van der Waals surface area contributed by atoms with E-state index in [1.807, 2.05) is 24.3 Å². The van der Waals surface area contributed by atoms with Crippen molar-refractivity contribution in [3.05, 3.63) is 34.9 Å². The number of ether oxygens (including phenoxy) is 1. The topological polar surface area (TPSA) is 50.7 Å². The quantitative estimate of drug-likeness (QED) is 0.675. The highest BCUT2D eigenvalue weighted by atomic mass is 35.5. The average Bonchev–Trinajstić information content (AvgIpc) is 2.24. The van der Waals surface area contributed by atoms with Gasteiger partial charge in [0, 0.05) is 17.7 Å². The second-order valence-electron chi connectivity index (χ2n) is 4.76. The van der Waals surface area contributed by atoms with Gasteiger partial charge in [-0.3, -0.25) is 0 Å². The van der Waals surface area contributed by atoms with Gasteiger partial charge in [-0.1, -0.05) is 23.7 Å². The zero-order chi connectivity index (χ0) is 13.6. The van der Waals surface area contributed by atoms with Crippen LogP contribution in [0.4, 0.5) is 4.79 Å². The molecule has 98 valence electrons. The fourth-order valence-corrected chi connectivity index (χ4v) is 1.30. The lowest BCUT2D eigenvalue weighted by atomic mass is 10.2. The summed E-state index contributed by atoms with van der Waals surface area (Å²) in [6.07, 6.45) is 1.66. The molecule has 0 aromatic heterocycles. The van der Waals surface area contributed by atoms with Crippen LogP contribution in [0.25, 0.3) is 0 Å². The van der Waals surface area contributed by atoms with Crippen LogP contribution in [-0.4, -0.2) is 17.9 Å². The van der Waals surface area contributed by atoms with E-state index in [4.69, 9.17) is 16.3 Å². The van der Waals surface area contributed by atoms with Gasteiger partial charge in [0.2, 0.25) is 0 Å². The van der Waals surface area contributed by atoms with Crippen molar-refractivity contribution in [1.82, 2.24) is 5.43 Å². The van der Waals surface area contributed by atoms with Crippen molar-refractivity contribution in [2.24, 2.45) is 5.10 Å². The van der Waals surface area contributed by atoms with Crippen LogP contribution in [0.15, 0.2) is 29.4 Å². The lowest BCUT2D eigenvalue weighted by molar-refractivity contribution is 0.0529. The summed E-state index contributed by atoms with van der Waals surface area (Å²) in [6, 6.07) is 7.43. The Bertz CT molecular complexity index is 422. The van der Waals surface area contributed by atoms with Crippen LogP contribution in [0.5, 0.6) is 0 Å². The van der Waals surface area contributed by atoms with Crippen molar-refractivity contribution in [3.63, 3.8) is 0 Å². The summed E-state index contributed by atoms with van der Waals surface area (Å²) < 4.78 is 5.02. The molecule has 1 rings (SSSR count). The lowest BCUT2D eigenvalue weighted by Crippen LogP contribution is -2.29. The van der Waals surface area contributed by atoms with Crippen LogP contribution in [0.1, 0.15) is 26.3 Å². The Morgan fingerprint density at radius 1 is 1.39 bits per heavy atom. The third kappa shape index (κ3) is 6.25. The van der Waals surface area contributed by atoms with E-state index in [0.717, 1.165) is 5.56 Å². The van der Waals surface area contributed by atoms with E-state index in [9.17, 15) is 4.79 Å². The molecule has 0 heterocycles. The Morgan fingerprint density at radius 3 is 2.56 bits per heavy atom. The summed E-state index contributed by atoms with van der Waals surface area (Å²) in [5.74, 6) is 0. The van der Waals surface area contributed by atoms with E-state index in [1.54, 1.807) is 27.0 Å². The summed E-state index contributed by atoms with van der Waals surface area (Å²) in [5, 5.41) is 4.49. The van der Waals surface area contributed by atoms with Gasteiger partial charge in [0.05, 0.1) is 0 Å². The number of hydrazone groups is 1. The fraction of sp³-hybridized carbons (Fsp3) is 0.385. The van der Waals surface area contributed by atoms with Crippen LogP contribution in [0.2, 0.25) is 5.02 Å². The highest BCUT2D eigenvalue weighted by molar-refractivity contribution is 6.30. The number of hydrogen-bond donors (Lipinski definition) is 1. The Morgan fingerprint density at radius 2 is 2.00 bits per heavy atom. The molecule has 18 heavy (non-hydrogen) atoms. The van der Waals surface area contributed by atoms with Gasteiger partial charge in [-0.15, -0.1) is 0 Å². The largest absolute Gasteiger partial charge is 0.443 e. The van der Waals surface area contributed by atoms with Gasteiger partial charge >= 0.3 is 6.09 Å². The molecular weight excluding hydrogens is 252 g/mol. The standard InChI is InChI=1S/C13H17ClN2O2/c1-13(2,3)18-12(17)16-15-9-8-10-4-6-11(14)7-5-10/h4-7,9H,8H2,1-3H3,(H,16,17)/b15-9+. The maximum Gasteiger partial charge on any atom is 0.428 e. The second kappa shape index (κ2) is 6.40. The van der Waals surface area contributed by atoms with Gasteiger partial charge in [0.25, 0.3) is 0 Å². The Balaban J connectivity index is 2.33. The highest BCUT2D eigenvalue weighted by Gasteiger charge is 2.15. The molecular formula is C13H17ClN2O2. The van der Waals surface area contributed by atoms with Crippen LogP contribution in [0.3, 0.4) is 0 Å². The summed E-state index contributed by atoms with van der Waals surface area (Å²) in [6.45, 7) is 5.39. The molecule has 4 nitrogen and oxygen atoms in total. The van der Waals surface area contributed by atoms with E-state index in [-0.39, 0.29) is 0 Å². The van der Waals surface area contributed by atoms with Crippen LogP contribution in [0, 0.1) is 0 Å². The van der Waals surface area contributed by atoms with Gasteiger partial charge in [0.1, 0.15) is 5.60 Å². The third-order valence-corrected chi connectivity index (χ3v) is 2.14. The Labute approximate surface area is 112 Å². The molecule has 0 saturated heterocycles. The summed E-state index contributed by atoms with van der Waals surface area (Å²) >= 11 is 5.77. The van der Waals surface area contributed by atoms with E-state index >= 15 is 0 Å². The Hall–Kier alpha value is -1.55. The first-order chi connectivity index (χ1) is 8.37. The van der Waals surface area contributed by atoms with Crippen molar-refractivity contribution in [3.8, 4) is 0 Å². The Kier molecular flexibility index (Phi) is 5.16. The number of rotatable bonds is 3. The van der Waals surface area contributed by atoms with E-state index in [2.05, 4.69) is 10.5 Å². The van der Waals surface area contributed by atoms with Crippen molar-refractivity contribution in [2.45, 2.75) is 32.8 Å². The molecule has 0 bridgehead atoms. The molecule has 1 amide bonds. The summed E-state index contributed by atoms with van der Waals surface area (Å²) in [5.41, 5.74) is 2.85. The molecule has 0 unspecified atom stereocenters. The molecule has 0 aliphatic heterocycles. The van der Waals surface area contributed by atoms with Crippen LogP contribution < -0.4 is 5.43 Å². The zero-order valence-corrected chi connectivity index (χ0v) is 11.5. The van der Waals surface area contributed by atoms with Crippen molar-refractivity contribution in [1.29, 1.82) is 0 Å². The monoisotopic (exact) mass is 268 g/mol. The molecule has 0 spiro atoms. The van der Waals surface area contributed by atoms with Gasteiger partial charge in [-0.05, 0) is 38.5 Å². The number of nitrogens with zero attached hydrogens (tertiary/aromatic N) is 1. The fourth-order valence-electron chi connectivity index (χ4n) is 1.17. The van der Waals surface area contributed by atoms with E-state index < -0.39 is 11.7 Å². The van der Waals surface area contributed by atoms with Crippen molar-refractivity contribution in [2.75, 3.05) is 0 Å². The van der Waals surface area contributed by atoms with Gasteiger partial charge < -0.3 is 4.74 Å². The zero-order valence-electron chi connectivity index (χ0n) is 10.7. The predicted octanol–water partition coefficient (Wildman–Crippen LogP) is 3.39. The molecule has 0 saturated carbocycles. The predicted molar refractivity (Wildman–Crippen MR) is 73.0 cm³/mol. The van der Waals surface area contributed by atoms with Crippen molar-refractivity contribution < 1.29 is 9.53 Å².